The maximum atomic E-state index is 13.2. The minimum Gasteiger partial charge on any atom is -0.495 e. The van der Waals surface area contributed by atoms with E-state index in [1.54, 1.807) is 30.2 Å². The summed E-state index contributed by atoms with van der Waals surface area (Å²) in [6.45, 7) is 1.25. The van der Waals surface area contributed by atoms with E-state index in [1.807, 2.05) is 24.3 Å². The zero-order valence-corrected chi connectivity index (χ0v) is 21.2. The lowest BCUT2D eigenvalue weighted by Gasteiger charge is -2.37. The highest BCUT2D eigenvalue weighted by atomic mass is 19.4. The number of ether oxygens (including phenoxy) is 1. The lowest BCUT2D eigenvalue weighted by atomic mass is 10.1. The quantitative estimate of drug-likeness (QED) is 0.400. The molecule has 0 saturated carbocycles. The number of amides is 2. The van der Waals surface area contributed by atoms with Crippen LogP contribution in [0.3, 0.4) is 0 Å². The zero-order chi connectivity index (χ0) is 28.0. The van der Waals surface area contributed by atoms with Crippen LogP contribution in [-0.2, 0) is 11.0 Å². The molecule has 11 heteroatoms. The molecule has 3 aromatic rings. The average molecular weight is 543 g/mol. The van der Waals surface area contributed by atoms with Crippen molar-refractivity contribution in [2.75, 3.05) is 50.1 Å². The van der Waals surface area contributed by atoms with Gasteiger partial charge in [-0.15, -0.1) is 0 Å². The lowest BCUT2D eigenvalue weighted by molar-refractivity contribution is -0.137. The van der Waals surface area contributed by atoms with Crippen LogP contribution < -0.4 is 20.3 Å². The number of nitrogens with one attached hydrogen (secondary N) is 2. The second-order valence-corrected chi connectivity index (χ2v) is 8.94. The number of halogens is 3. The van der Waals surface area contributed by atoms with Crippen molar-refractivity contribution in [3.8, 4) is 5.75 Å². The van der Waals surface area contributed by atoms with Crippen molar-refractivity contribution in [3.63, 3.8) is 0 Å². The van der Waals surface area contributed by atoms with E-state index in [-0.39, 0.29) is 16.9 Å². The number of carbonyl (C=O) groups excluding carboxylic acids is 2. The van der Waals surface area contributed by atoms with Gasteiger partial charge in [0, 0.05) is 31.9 Å². The number of rotatable bonds is 8. The molecule has 206 valence electrons. The second kappa shape index (κ2) is 12.1. The summed E-state index contributed by atoms with van der Waals surface area (Å²) >= 11 is 0. The molecule has 2 amide bonds. The molecule has 8 nitrogen and oxygen atoms in total. The van der Waals surface area contributed by atoms with Gasteiger partial charge in [0.2, 0.25) is 5.91 Å². The number of alkyl halides is 3. The van der Waals surface area contributed by atoms with E-state index in [9.17, 15) is 27.9 Å². The predicted octanol–water partition coefficient (Wildman–Crippen LogP) is 3.90. The summed E-state index contributed by atoms with van der Waals surface area (Å²) < 4.78 is 44.7. The van der Waals surface area contributed by atoms with Gasteiger partial charge in [0.15, 0.2) is 0 Å². The molecule has 0 aromatic heterocycles. The van der Waals surface area contributed by atoms with Crippen molar-refractivity contribution in [1.82, 2.24) is 10.2 Å². The molecule has 1 saturated heterocycles. The van der Waals surface area contributed by atoms with Gasteiger partial charge in [-0.2, -0.15) is 13.2 Å². The molecular formula is C28H29F3N4O4. The van der Waals surface area contributed by atoms with Gasteiger partial charge in [-0.3, -0.25) is 9.59 Å². The van der Waals surface area contributed by atoms with Crippen molar-refractivity contribution >= 4 is 28.9 Å². The minimum atomic E-state index is -4.51. The van der Waals surface area contributed by atoms with Gasteiger partial charge in [0.1, 0.15) is 11.8 Å². The normalized spacial score (nSPS) is 14.5. The fourth-order valence-electron chi connectivity index (χ4n) is 4.42. The molecule has 0 bridgehead atoms. The van der Waals surface area contributed by atoms with Crippen molar-refractivity contribution in [1.29, 1.82) is 0 Å². The van der Waals surface area contributed by atoms with E-state index in [2.05, 4.69) is 15.5 Å². The molecule has 1 unspecified atom stereocenters. The number of carbonyl (C=O) groups is 2. The fraction of sp³-hybridized carbons (Fsp3) is 0.286. The Morgan fingerprint density at radius 2 is 1.67 bits per heavy atom. The van der Waals surface area contributed by atoms with E-state index in [1.165, 1.54) is 18.2 Å². The number of piperazine rings is 1. The summed E-state index contributed by atoms with van der Waals surface area (Å²) in [5.41, 5.74) is 0.606. The topological polar surface area (TPSA) is 94.1 Å². The molecule has 4 rings (SSSR count). The summed E-state index contributed by atoms with van der Waals surface area (Å²) in [6, 6.07) is 17.3. The van der Waals surface area contributed by atoms with Gasteiger partial charge in [0.25, 0.3) is 5.91 Å². The van der Waals surface area contributed by atoms with E-state index in [0.29, 0.717) is 26.2 Å². The Balaban J connectivity index is 1.42. The van der Waals surface area contributed by atoms with Crippen LogP contribution in [0.25, 0.3) is 0 Å². The van der Waals surface area contributed by atoms with E-state index >= 15 is 0 Å². The van der Waals surface area contributed by atoms with Gasteiger partial charge < -0.3 is 30.3 Å². The Bertz CT molecular complexity index is 1310. The van der Waals surface area contributed by atoms with E-state index < -0.39 is 36.2 Å². The van der Waals surface area contributed by atoms with Crippen LogP contribution in [0.4, 0.5) is 30.2 Å². The highest BCUT2D eigenvalue weighted by Gasteiger charge is 2.31. The number of anilines is 3. The molecule has 1 atom stereocenters. The number of hydrogen-bond donors (Lipinski definition) is 3. The first-order chi connectivity index (χ1) is 18.7. The first-order valence-electron chi connectivity index (χ1n) is 12.3. The van der Waals surface area contributed by atoms with Crippen LogP contribution >= 0.6 is 0 Å². The van der Waals surface area contributed by atoms with Crippen LogP contribution in [-0.4, -0.2) is 67.8 Å². The summed E-state index contributed by atoms with van der Waals surface area (Å²) in [4.78, 5) is 30.0. The number of benzene rings is 3. The molecule has 39 heavy (non-hydrogen) atoms. The molecule has 1 aliphatic rings. The van der Waals surface area contributed by atoms with Crippen molar-refractivity contribution in [2.45, 2.75) is 12.2 Å². The first kappa shape index (κ1) is 27.8. The Morgan fingerprint density at radius 1 is 0.974 bits per heavy atom. The SMILES string of the molecule is COc1ccccc1N1CCN(C(=O)C(CO)NC(=O)c2ccccc2Nc2cccc(C(F)(F)F)c2)CC1. The number of aliphatic hydroxyl groups is 1. The van der Waals surface area contributed by atoms with Crippen molar-refractivity contribution < 1.29 is 32.6 Å². The molecule has 0 spiro atoms. The maximum absolute atomic E-state index is 13.2. The molecule has 3 aromatic carbocycles. The van der Waals surface area contributed by atoms with Crippen LogP contribution in [0.2, 0.25) is 0 Å². The molecule has 1 fully saturated rings. The first-order valence-corrected chi connectivity index (χ1v) is 12.3. The third kappa shape index (κ3) is 6.61. The van der Waals surface area contributed by atoms with E-state index in [0.717, 1.165) is 23.6 Å². The van der Waals surface area contributed by atoms with E-state index in [4.69, 9.17) is 4.74 Å². The standard InChI is InChI=1S/C28H29F3N4O4/c1-39-25-12-5-4-11-24(25)34-13-15-35(16-14-34)27(38)23(18-36)33-26(37)21-9-2-3-10-22(21)32-20-8-6-7-19(17-20)28(29,30)31/h2-12,17,23,32,36H,13-16,18H2,1H3,(H,33,37). The summed E-state index contributed by atoms with van der Waals surface area (Å²) in [6.07, 6.45) is -4.51. The van der Waals surface area contributed by atoms with Gasteiger partial charge in [-0.1, -0.05) is 30.3 Å². The minimum absolute atomic E-state index is 0.113. The van der Waals surface area contributed by atoms with Gasteiger partial charge in [-0.05, 0) is 42.5 Å². The number of nitrogens with zero attached hydrogens (tertiary/aromatic N) is 2. The predicted molar refractivity (Wildman–Crippen MR) is 141 cm³/mol. The van der Waals surface area contributed by atoms with Gasteiger partial charge in [-0.25, -0.2) is 0 Å². The smallest absolute Gasteiger partial charge is 0.416 e. The number of methoxy groups -OCH3 is 1. The number of hydrogen-bond acceptors (Lipinski definition) is 6. The Morgan fingerprint density at radius 3 is 2.36 bits per heavy atom. The molecule has 1 heterocycles. The summed E-state index contributed by atoms with van der Waals surface area (Å²) in [5, 5.41) is 15.3. The highest BCUT2D eigenvalue weighted by Crippen LogP contribution is 2.32. The number of para-hydroxylation sites is 3. The largest absolute Gasteiger partial charge is 0.495 e. The van der Waals surface area contributed by atoms with Gasteiger partial charge >= 0.3 is 6.18 Å². The second-order valence-electron chi connectivity index (χ2n) is 8.94. The van der Waals surface area contributed by atoms with Crippen LogP contribution in [0.15, 0.2) is 72.8 Å². The Kier molecular flexibility index (Phi) is 8.60. The monoisotopic (exact) mass is 542 g/mol. The number of aliphatic hydroxyl groups excluding tert-OH is 1. The fourth-order valence-corrected chi connectivity index (χ4v) is 4.42. The van der Waals surface area contributed by atoms with Crippen LogP contribution in [0.1, 0.15) is 15.9 Å². The van der Waals surface area contributed by atoms with Crippen LogP contribution in [0, 0.1) is 0 Å². The Hall–Kier alpha value is -4.25. The third-order valence-corrected chi connectivity index (χ3v) is 6.44. The Labute approximate surface area is 224 Å². The molecule has 0 radical (unpaired) electrons. The molecule has 0 aliphatic carbocycles. The molecule has 1 aliphatic heterocycles. The average Bonchev–Trinajstić information content (AvgIpc) is 2.95. The third-order valence-electron chi connectivity index (χ3n) is 6.44. The summed E-state index contributed by atoms with van der Waals surface area (Å²) in [5.74, 6) is -0.339. The van der Waals surface area contributed by atoms with Crippen molar-refractivity contribution in [2.24, 2.45) is 0 Å². The molecule has 3 N–H and O–H groups in total. The molecular weight excluding hydrogens is 513 g/mol. The van der Waals surface area contributed by atoms with Crippen LogP contribution in [0.5, 0.6) is 5.75 Å². The highest BCUT2D eigenvalue weighted by molar-refractivity contribution is 6.02. The summed E-state index contributed by atoms with van der Waals surface area (Å²) in [7, 11) is 1.60. The van der Waals surface area contributed by atoms with Gasteiger partial charge in [0.05, 0.1) is 36.2 Å². The lowest BCUT2D eigenvalue weighted by Crippen LogP contribution is -2.56. The zero-order valence-electron chi connectivity index (χ0n) is 21.2. The maximum Gasteiger partial charge on any atom is 0.416 e. The van der Waals surface area contributed by atoms with Crippen molar-refractivity contribution in [3.05, 3.63) is 83.9 Å².